The van der Waals surface area contributed by atoms with Crippen molar-refractivity contribution in [2.24, 2.45) is 0 Å². The van der Waals surface area contributed by atoms with Gasteiger partial charge in [-0.15, -0.1) is 12.4 Å². The van der Waals surface area contributed by atoms with Gasteiger partial charge in [-0.25, -0.2) is 0 Å². The molecule has 156 valence electrons. The number of rotatable bonds is 6. The molecule has 2 heterocycles. The van der Waals surface area contributed by atoms with Crippen molar-refractivity contribution in [2.75, 3.05) is 13.7 Å². The summed E-state index contributed by atoms with van der Waals surface area (Å²) in [5.74, 6) is 2.24. The van der Waals surface area contributed by atoms with Crippen LogP contribution < -0.4 is 14.8 Å². The average Bonchev–Trinajstić information content (AvgIpc) is 3.06. The quantitative estimate of drug-likeness (QED) is 0.761. The van der Waals surface area contributed by atoms with Gasteiger partial charge in [0.1, 0.15) is 17.2 Å². The number of ether oxygens (including phenoxy) is 2. The van der Waals surface area contributed by atoms with E-state index >= 15 is 0 Å². The molecule has 2 unspecified atom stereocenters. The van der Waals surface area contributed by atoms with Crippen LogP contribution in [0.3, 0.4) is 0 Å². The van der Waals surface area contributed by atoms with Crippen LogP contribution in [0.15, 0.2) is 48.5 Å². The Morgan fingerprint density at radius 2 is 1.48 bits per heavy atom. The summed E-state index contributed by atoms with van der Waals surface area (Å²) in [6.45, 7) is 2.11. The molecule has 2 aromatic carbocycles. The Morgan fingerprint density at radius 1 is 0.966 bits per heavy atom. The summed E-state index contributed by atoms with van der Waals surface area (Å²) in [6, 6.07) is 16.8. The monoisotopic (exact) mass is 416 g/mol. The molecule has 2 aliphatic rings. The third-order valence-corrected chi connectivity index (χ3v) is 5.83. The molecule has 2 atom stereocenters. The van der Waals surface area contributed by atoms with Crippen molar-refractivity contribution < 1.29 is 14.3 Å². The number of hydrogen-bond donors (Lipinski definition) is 1. The first-order chi connectivity index (χ1) is 13.6. The number of amides is 1. The number of aryl methyl sites for hydroxylation is 1. The maximum absolute atomic E-state index is 12.5. The van der Waals surface area contributed by atoms with Gasteiger partial charge in [-0.3, -0.25) is 4.79 Å². The average molecular weight is 417 g/mol. The predicted octanol–water partition coefficient (Wildman–Crippen LogP) is 4.33. The Balaban J connectivity index is 0.00000240. The van der Waals surface area contributed by atoms with Crippen LogP contribution in [0, 0.1) is 6.92 Å². The number of hydrogen-bond acceptors (Lipinski definition) is 4. The van der Waals surface area contributed by atoms with Gasteiger partial charge < -0.3 is 19.7 Å². The summed E-state index contributed by atoms with van der Waals surface area (Å²) in [5, 5.41) is 3.62. The summed E-state index contributed by atoms with van der Waals surface area (Å²) in [4.78, 5) is 14.4. The lowest BCUT2D eigenvalue weighted by Gasteiger charge is -2.35. The van der Waals surface area contributed by atoms with E-state index in [1.165, 1.54) is 18.4 Å². The number of nitrogens with zero attached hydrogens (tertiary/aromatic N) is 1. The number of carbonyl (C=O) groups excluding carboxylic acids is 1. The Bertz CT molecular complexity index is 798. The summed E-state index contributed by atoms with van der Waals surface area (Å²) < 4.78 is 11.5. The molecule has 6 heteroatoms. The van der Waals surface area contributed by atoms with Crippen molar-refractivity contribution >= 4 is 18.3 Å². The van der Waals surface area contributed by atoms with Crippen LogP contribution in [-0.2, 0) is 4.79 Å². The van der Waals surface area contributed by atoms with Crippen LogP contribution in [0.1, 0.15) is 31.2 Å². The van der Waals surface area contributed by atoms with E-state index < -0.39 is 0 Å². The number of carbonyl (C=O) groups is 1. The lowest BCUT2D eigenvalue weighted by Crippen LogP contribution is -2.49. The molecule has 1 amide bonds. The number of fused-ring (bicyclic) bond motifs is 2. The minimum Gasteiger partial charge on any atom is -0.484 e. The molecule has 0 saturated carbocycles. The molecule has 1 N–H and O–H groups in total. The van der Waals surface area contributed by atoms with Crippen molar-refractivity contribution in [3.63, 3.8) is 0 Å². The molecule has 0 radical (unpaired) electrons. The highest BCUT2D eigenvalue weighted by atomic mass is 35.5. The second kappa shape index (κ2) is 9.51. The molecule has 0 spiro atoms. The van der Waals surface area contributed by atoms with Gasteiger partial charge in [0.05, 0.1) is 0 Å². The van der Waals surface area contributed by atoms with Crippen molar-refractivity contribution in [1.82, 2.24) is 10.2 Å². The van der Waals surface area contributed by atoms with Crippen molar-refractivity contribution in [3.8, 4) is 17.2 Å². The molecule has 5 nitrogen and oxygen atoms in total. The fourth-order valence-electron chi connectivity index (χ4n) is 4.14. The number of halogens is 1. The van der Waals surface area contributed by atoms with E-state index in [9.17, 15) is 4.79 Å². The van der Waals surface area contributed by atoms with Gasteiger partial charge in [-0.1, -0.05) is 17.7 Å². The number of benzene rings is 2. The standard InChI is InChI=1S/C23H28N2O3.ClH/c1-16-3-7-21(8-4-16)28-22-11-9-20(10-12-22)27-15-23(26)25(2)19-13-17-5-6-18(14-19)24-17;/h3-4,7-12,17-19,24H,5-6,13-15H2,1-2H3;1H. The first-order valence-corrected chi connectivity index (χ1v) is 10.1. The summed E-state index contributed by atoms with van der Waals surface area (Å²) in [5.41, 5.74) is 1.20. The zero-order valence-corrected chi connectivity index (χ0v) is 17.8. The molecule has 2 aliphatic heterocycles. The van der Waals surface area contributed by atoms with Crippen LogP contribution in [-0.4, -0.2) is 42.6 Å². The van der Waals surface area contributed by atoms with Gasteiger partial charge in [0.2, 0.25) is 0 Å². The van der Waals surface area contributed by atoms with E-state index in [-0.39, 0.29) is 24.9 Å². The molecule has 0 aromatic heterocycles. The SMILES string of the molecule is Cc1ccc(Oc2ccc(OCC(=O)N(C)C3CC4CCC(C3)N4)cc2)cc1.Cl. The Labute approximate surface area is 178 Å². The summed E-state index contributed by atoms with van der Waals surface area (Å²) in [6.07, 6.45) is 4.56. The van der Waals surface area contributed by atoms with E-state index in [4.69, 9.17) is 9.47 Å². The summed E-state index contributed by atoms with van der Waals surface area (Å²) in [7, 11) is 1.90. The minimum absolute atomic E-state index is 0. The van der Waals surface area contributed by atoms with Crippen LogP contribution in [0.5, 0.6) is 17.2 Å². The number of likely N-dealkylation sites (N-methyl/N-ethyl adjacent to an activating group) is 1. The van der Waals surface area contributed by atoms with E-state index in [2.05, 4.69) is 5.32 Å². The number of piperidine rings is 1. The molecule has 2 aromatic rings. The van der Waals surface area contributed by atoms with Gasteiger partial charge in [0.25, 0.3) is 5.91 Å². The minimum atomic E-state index is 0. The molecular weight excluding hydrogens is 388 g/mol. The fraction of sp³-hybridized carbons (Fsp3) is 0.435. The van der Waals surface area contributed by atoms with Crippen LogP contribution in [0.4, 0.5) is 0 Å². The summed E-state index contributed by atoms with van der Waals surface area (Å²) >= 11 is 0. The second-order valence-corrected chi connectivity index (χ2v) is 7.94. The molecular formula is C23H29ClN2O3. The van der Waals surface area contributed by atoms with E-state index in [1.54, 1.807) is 0 Å². The lowest BCUT2D eigenvalue weighted by atomic mass is 9.98. The maximum Gasteiger partial charge on any atom is 0.260 e. The highest BCUT2D eigenvalue weighted by Gasteiger charge is 2.36. The Kier molecular flexibility index (Phi) is 7.04. The third-order valence-electron chi connectivity index (χ3n) is 5.83. The molecule has 2 fully saturated rings. The predicted molar refractivity (Wildman–Crippen MR) is 116 cm³/mol. The highest BCUT2D eigenvalue weighted by molar-refractivity contribution is 5.85. The Morgan fingerprint density at radius 3 is 2.07 bits per heavy atom. The molecule has 2 bridgehead atoms. The second-order valence-electron chi connectivity index (χ2n) is 7.94. The first-order valence-electron chi connectivity index (χ1n) is 10.1. The van der Waals surface area contributed by atoms with Gasteiger partial charge in [0, 0.05) is 25.2 Å². The third kappa shape index (κ3) is 5.43. The molecule has 0 aliphatic carbocycles. The topological polar surface area (TPSA) is 50.8 Å². The Hall–Kier alpha value is -2.24. The van der Waals surface area contributed by atoms with Gasteiger partial charge in [-0.05, 0) is 69.0 Å². The van der Waals surface area contributed by atoms with Gasteiger partial charge >= 0.3 is 0 Å². The molecule has 4 rings (SSSR count). The molecule has 29 heavy (non-hydrogen) atoms. The highest BCUT2D eigenvalue weighted by Crippen LogP contribution is 2.29. The fourth-order valence-corrected chi connectivity index (χ4v) is 4.14. The zero-order chi connectivity index (χ0) is 19.5. The maximum atomic E-state index is 12.5. The van der Waals surface area contributed by atoms with E-state index in [0.29, 0.717) is 23.9 Å². The first kappa shape index (κ1) is 21.5. The number of nitrogens with one attached hydrogen (secondary N) is 1. The van der Waals surface area contributed by atoms with Crippen molar-refractivity contribution in [3.05, 3.63) is 54.1 Å². The van der Waals surface area contributed by atoms with Crippen molar-refractivity contribution in [2.45, 2.75) is 50.7 Å². The molecule has 2 saturated heterocycles. The van der Waals surface area contributed by atoms with Gasteiger partial charge in [-0.2, -0.15) is 0 Å². The van der Waals surface area contributed by atoms with E-state index in [1.807, 2.05) is 67.4 Å². The lowest BCUT2D eigenvalue weighted by molar-refractivity contribution is -0.134. The zero-order valence-electron chi connectivity index (χ0n) is 17.0. The normalized spacial score (nSPS) is 22.5. The smallest absolute Gasteiger partial charge is 0.260 e. The van der Waals surface area contributed by atoms with Gasteiger partial charge in [0.15, 0.2) is 6.61 Å². The largest absolute Gasteiger partial charge is 0.484 e. The van der Waals surface area contributed by atoms with Crippen LogP contribution in [0.25, 0.3) is 0 Å². The van der Waals surface area contributed by atoms with Crippen molar-refractivity contribution in [1.29, 1.82) is 0 Å². The van der Waals surface area contributed by atoms with Crippen LogP contribution in [0.2, 0.25) is 0 Å². The van der Waals surface area contributed by atoms with Crippen LogP contribution >= 0.6 is 12.4 Å². The van der Waals surface area contributed by atoms with E-state index in [0.717, 1.165) is 24.3 Å².